The molecule has 0 unspecified atom stereocenters. The monoisotopic (exact) mass is 351 g/mol. The van der Waals surface area contributed by atoms with E-state index < -0.39 is 0 Å². The van der Waals surface area contributed by atoms with E-state index in [2.05, 4.69) is 15.6 Å². The van der Waals surface area contributed by atoms with Crippen molar-refractivity contribution in [2.24, 2.45) is 0 Å². The van der Waals surface area contributed by atoms with Crippen molar-refractivity contribution in [1.29, 1.82) is 0 Å². The molecule has 0 aliphatic heterocycles. The summed E-state index contributed by atoms with van der Waals surface area (Å²) >= 11 is 6.09. The van der Waals surface area contributed by atoms with Crippen molar-refractivity contribution in [3.05, 3.63) is 88.7 Å². The number of hydrogen-bond donors (Lipinski definition) is 2. The van der Waals surface area contributed by atoms with Crippen LogP contribution in [0.25, 0.3) is 0 Å². The highest BCUT2D eigenvalue weighted by molar-refractivity contribution is 6.31. The normalized spacial score (nSPS) is 10.3. The molecule has 25 heavy (non-hydrogen) atoms. The minimum absolute atomic E-state index is 0.270. The SMILES string of the molecule is Cc1c(Cl)cccc1NC(=O)c1cc(NCc2ccccc2)ccn1. The molecule has 4 nitrogen and oxygen atoms in total. The number of halogens is 1. The molecule has 0 bridgehead atoms. The molecule has 0 aliphatic carbocycles. The van der Waals surface area contributed by atoms with Gasteiger partial charge in [-0.3, -0.25) is 9.78 Å². The number of nitrogens with one attached hydrogen (secondary N) is 2. The molecule has 0 saturated heterocycles. The van der Waals surface area contributed by atoms with Crippen molar-refractivity contribution in [2.45, 2.75) is 13.5 Å². The fraction of sp³-hybridized carbons (Fsp3) is 0.100. The molecule has 0 aliphatic rings. The zero-order chi connectivity index (χ0) is 17.6. The van der Waals surface area contributed by atoms with Crippen LogP contribution in [0.15, 0.2) is 66.9 Å². The van der Waals surface area contributed by atoms with Gasteiger partial charge >= 0.3 is 0 Å². The summed E-state index contributed by atoms with van der Waals surface area (Å²) in [5.41, 5.74) is 3.86. The standard InChI is InChI=1S/C20H18ClN3O/c1-14-17(21)8-5-9-18(14)24-20(25)19-12-16(10-11-22-19)23-13-15-6-3-2-4-7-15/h2-12H,13H2,1H3,(H,22,23)(H,24,25). The minimum Gasteiger partial charge on any atom is -0.381 e. The van der Waals surface area contributed by atoms with E-state index in [4.69, 9.17) is 11.6 Å². The van der Waals surface area contributed by atoms with Gasteiger partial charge < -0.3 is 10.6 Å². The summed E-state index contributed by atoms with van der Waals surface area (Å²) in [5, 5.41) is 6.77. The van der Waals surface area contributed by atoms with Gasteiger partial charge in [-0.05, 0) is 42.3 Å². The summed E-state index contributed by atoms with van der Waals surface area (Å²) in [7, 11) is 0. The first-order chi connectivity index (χ1) is 12.1. The lowest BCUT2D eigenvalue weighted by molar-refractivity contribution is 0.102. The number of aromatic nitrogens is 1. The van der Waals surface area contributed by atoms with Crippen molar-refractivity contribution in [2.75, 3.05) is 10.6 Å². The maximum atomic E-state index is 12.5. The second-order valence-electron chi connectivity index (χ2n) is 5.64. The third kappa shape index (κ3) is 4.37. The molecule has 3 aromatic rings. The zero-order valence-corrected chi connectivity index (χ0v) is 14.5. The summed E-state index contributed by atoms with van der Waals surface area (Å²) in [6, 6.07) is 19.0. The number of rotatable bonds is 5. The van der Waals surface area contributed by atoms with E-state index in [0.29, 0.717) is 22.9 Å². The number of carbonyl (C=O) groups excluding carboxylic acids is 1. The average Bonchev–Trinajstić information content (AvgIpc) is 2.65. The van der Waals surface area contributed by atoms with Crippen molar-refractivity contribution in [1.82, 2.24) is 4.98 Å². The Labute approximate surface area is 151 Å². The molecule has 0 fully saturated rings. The van der Waals surface area contributed by atoms with Crippen LogP contribution < -0.4 is 10.6 Å². The average molecular weight is 352 g/mol. The summed E-state index contributed by atoms with van der Waals surface area (Å²) < 4.78 is 0. The van der Waals surface area contributed by atoms with Gasteiger partial charge in [-0.1, -0.05) is 48.0 Å². The van der Waals surface area contributed by atoms with Gasteiger partial charge in [-0.15, -0.1) is 0 Å². The van der Waals surface area contributed by atoms with E-state index in [-0.39, 0.29) is 5.91 Å². The van der Waals surface area contributed by atoms with E-state index in [1.165, 1.54) is 5.56 Å². The number of nitrogens with zero attached hydrogens (tertiary/aromatic N) is 1. The van der Waals surface area contributed by atoms with Crippen molar-refractivity contribution < 1.29 is 4.79 Å². The van der Waals surface area contributed by atoms with Crippen LogP contribution in [0.4, 0.5) is 11.4 Å². The van der Waals surface area contributed by atoms with E-state index in [0.717, 1.165) is 11.3 Å². The van der Waals surface area contributed by atoms with E-state index >= 15 is 0 Å². The first-order valence-corrected chi connectivity index (χ1v) is 8.31. The topological polar surface area (TPSA) is 54.0 Å². The van der Waals surface area contributed by atoms with Crippen LogP contribution in [0.3, 0.4) is 0 Å². The number of carbonyl (C=O) groups is 1. The van der Waals surface area contributed by atoms with Crippen molar-refractivity contribution in [3.63, 3.8) is 0 Å². The second kappa shape index (κ2) is 7.81. The first kappa shape index (κ1) is 17.0. The quantitative estimate of drug-likeness (QED) is 0.686. The van der Waals surface area contributed by atoms with E-state index in [9.17, 15) is 4.79 Å². The van der Waals surface area contributed by atoms with Gasteiger partial charge in [0.1, 0.15) is 5.69 Å². The van der Waals surface area contributed by atoms with Crippen molar-refractivity contribution in [3.8, 4) is 0 Å². The predicted octanol–water partition coefficient (Wildman–Crippen LogP) is 4.91. The Bertz CT molecular complexity index is 881. The van der Waals surface area contributed by atoms with Crippen LogP contribution in [0, 0.1) is 6.92 Å². The maximum Gasteiger partial charge on any atom is 0.274 e. The molecular weight excluding hydrogens is 334 g/mol. The third-order valence-electron chi connectivity index (χ3n) is 3.85. The van der Waals surface area contributed by atoms with Gasteiger partial charge in [-0.2, -0.15) is 0 Å². The Hall–Kier alpha value is -2.85. The number of benzene rings is 2. The Morgan fingerprint density at radius 2 is 1.88 bits per heavy atom. The highest BCUT2D eigenvalue weighted by atomic mass is 35.5. The zero-order valence-electron chi connectivity index (χ0n) is 13.8. The molecule has 1 aromatic heterocycles. The number of anilines is 2. The van der Waals surface area contributed by atoms with Gasteiger partial charge in [0.25, 0.3) is 5.91 Å². The minimum atomic E-state index is -0.270. The Balaban J connectivity index is 1.70. The molecule has 0 atom stereocenters. The smallest absolute Gasteiger partial charge is 0.274 e. The molecule has 1 heterocycles. The predicted molar refractivity (Wildman–Crippen MR) is 102 cm³/mol. The molecule has 0 radical (unpaired) electrons. The van der Waals surface area contributed by atoms with E-state index in [1.54, 1.807) is 24.4 Å². The van der Waals surface area contributed by atoms with Crippen LogP contribution >= 0.6 is 11.6 Å². The lowest BCUT2D eigenvalue weighted by Gasteiger charge is -2.10. The summed E-state index contributed by atoms with van der Waals surface area (Å²) in [6.07, 6.45) is 1.62. The Morgan fingerprint density at radius 3 is 2.68 bits per heavy atom. The second-order valence-corrected chi connectivity index (χ2v) is 6.04. The summed E-state index contributed by atoms with van der Waals surface area (Å²) in [6.45, 7) is 2.54. The molecule has 3 rings (SSSR count). The molecule has 2 N–H and O–H groups in total. The van der Waals surface area contributed by atoms with Crippen LogP contribution in [0.2, 0.25) is 5.02 Å². The van der Waals surface area contributed by atoms with Crippen LogP contribution in [-0.4, -0.2) is 10.9 Å². The maximum absolute atomic E-state index is 12.5. The highest BCUT2D eigenvalue weighted by Gasteiger charge is 2.11. The highest BCUT2D eigenvalue weighted by Crippen LogP contribution is 2.23. The fourth-order valence-electron chi connectivity index (χ4n) is 2.39. The lowest BCUT2D eigenvalue weighted by Crippen LogP contribution is -2.15. The molecule has 126 valence electrons. The Morgan fingerprint density at radius 1 is 1.08 bits per heavy atom. The Kier molecular flexibility index (Phi) is 5.31. The number of amides is 1. The number of pyridine rings is 1. The van der Waals surface area contributed by atoms with Crippen LogP contribution in [0.5, 0.6) is 0 Å². The molecule has 1 amide bonds. The molecule has 5 heteroatoms. The largest absolute Gasteiger partial charge is 0.381 e. The van der Waals surface area contributed by atoms with Gasteiger partial charge in [-0.25, -0.2) is 0 Å². The third-order valence-corrected chi connectivity index (χ3v) is 4.26. The molecule has 0 saturated carbocycles. The summed E-state index contributed by atoms with van der Waals surface area (Å²) in [4.78, 5) is 16.6. The molecule has 2 aromatic carbocycles. The van der Waals surface area contributed by atoms with Crippen LogP contribution in [-0.2, 0) is 6.54 Å². The van der Waals surface area contributed by atoms with E-state index in [1.807, 2.05) is 49.4 Å². The first-order valence-electron chi connectivity index (χ1n) is 7.94. The fourth-order valence-corrected chi connectivity index (χ4v) is 2.57. The van der Waals surface area contributed by atoms with Gasteiger partial charge in [0.05, 0.1) is 0 Å². The van der Waals surface area contributed by atoms with Gasteiger partial charge in [0.2, 0.25) is 0 Å². The molecule has 0 spiro atoms. The van der Waals surface area contributed by atoms with Crippen LogP contribution in [0.1, 0.15) is 21.6 Å². The van der Waals surface area contributed by atoms with Gasteiger partial charge in [0, 0.05) is 29.1 Å². The van der Waals surface area contributed by atoms with Gasteiger partial charge in [0.15, 0.2) is 0 Å². The lowest BCUT2D eigenvalue weighted by atomic mass is 10.2. The van der Waals surface area contributed by atoms with Crippen molar-refractivity contribution >= 4 is 28.9 Å². The summed E-state index contributed by atoms with van der Waals surface area (Å²) in [5.74, 6) is -0.270. The number of hydrogen-bond acceptors (Lipinski definition) is 3. The molecular formula is C20H18ClN3O.